The maximum absolute atomic E-state index is 12.7. The first kappa shape index (κ1) is 23.1. The summed E-state index contributed by atoms with van der Waals surface area (Å²) >= 11 is 2.29. The molecular formula is C26H32IN3O2. The van der Waals surface area contributed by atoms with Crippen molar-refractivity contribution in [1.82, 2.24) is 14.8 Å². The van der Waals surface area contributed by atoms with Crippen molar-refractivity contribution in [3.05, 3.63) is 63.4 Å². The first-order valence-corrected chi connectivity index (χ1v) is 12.7. The van der Waals surface area contributed by atoms with Gasteiger partial charge in [0, 0.05) is 45.2 Å². The van der Waals surface area contributed by atoms with E-state index in [0.29, 0.717) is 30.1 Å². The Morgan fingerprint density at radius 1 is 1.22 bits per heavy atom. The number of fused-ring (bicyclic) bond motifs is 1. The van der Waals surface area contributed by atoms with Gasteiger partial charge in [-0.15, -0.1) is 0 Å². The van der Waals surface area contributed by atoms with Crippen molar-refractivity contribution < 1.29 is 9.90 Å². The quantitative estimate of drug-likeness (QED) is 0.295. The summed E-state index contributed by atoms with van der Waals surface area (Å²) in [4.78, 5) is 15.3. The molecule has 3 aromatic rings. The van der Waals surface area contributed by atoms with Crippen molar-refractivity contribution in [1.29, 1.82) is 0 Å². The van der Waals surface area contributed by atoms with Gasteiger partial charge in [-0.05, 0) is 84.6 Å². The number of carbonyl (C=O) groups is 1. The molecule has 0 spiro atoms. The van der Waals surface area contributed by atoms with Crippen molar-refractivity contribution >= 4 is 39.3 Å². The molecule has 0 radical (unpaired) electrons. The number of aromatic hydroxyl groups is 1. The second-order valence-corrected chi connectivity index (χ2v) is 9.96. The first-order chi connectivity index (χ1) is 15.5. The van der Waals surface area contributed by atoms with Crippen LogP contribution in [0.5, 0.6) is 5.88 Å². The van der Waals surface area contributed by atoms with E-state index >= 15 is 0 Å². The van der Waals surface area contributed by atoms with Crippen LogP contribution in [0.3, 0.4) is 0 Å². The summed E-state index contributed by atoms with van der Waals surface area (Å²) in [5, 5.41) is 15.5. The Balaban J connectivity index is 1.36. The molecule has 1 atom stereocenters. The third-order valence-electron chi connectivity index (χ3n) is 6.49. The fourth-order valence-electron chi connectivity index (χ4n) is 4.74. The molecule has 1 amide bonds. The lowest BCUT2D eigenvalue weighted by Crippen LogP contribution is -2.40. The lowest BCUT2D eigenvalue weighted by molar-refractivity contribution is 0.0947. The minimum atomic E-state index is -0.0812. The van der Waals surface area contributed by atoms with Crippen LogP contribution >= 0.6 is 22.6 Å². The summed E-state index contributed by atoms with van der Waals surface area (Å²) in [6.07, 6.45) is 8.04. The normalized spacial score (nSPS) is 17.0. The number of hydrogen-bond acceptors (Lipinski definition) is 3. The van der Waals surface area contributed by atoms with Crippen molar-refractivity contribution in [3.8, 4) is 5.88 Å². The van der Waals surface area contributed by atoms with Gasteiger partial charge in [0.1, 0.15) is 0 Å². The number of hydrogen-bond donors (Lipinski definition) is 2. The number of nitrogens with one attached hydrogen (secondary N) is 1. The number of likely N-dealkylation sites (tertiary alicyclic amines) is 1. The first-order valence-electron chi connectivity index (χ1n) is 11.6. The molecule has 1 saturated heterocycles. The molecule has 2 N–H and O–H groups in total. The van der Waals surface area contributed by atoms with E-state index in [2.05, 4.69) is 57.9 Å². The van der Waals surface area contributed by atoms with E-state index in [1.54, 1.807) is 6.07 Å². The highest BCUT2D eigenvalue weighted by atomic mass is 127. The molecule has 2 aromatic carbocycles. The molecule has 1 aromatic heterocycles. The van der Waals surface area contributed by atoms with Gasteiger partial charge in [-0.25, -0.2) is 0 Å². The zero-order valence-electron chi connectivity index (χ0n) is 18.7. The molecule has 1 aliphatic heterocycles. The molecule has 32 heavy (non-hydrogen) atoms. The number of benzene rings is 2. The summed E-state index contributed by atoms with van der Waals surface area (Å²) in [6.45, 7) is 5.75. The summed E-state index contributed by atoms with van der Waals surface area (Å²) < 4.78 is 3.00. The number of nitrogens with zero attached hydrogens (tertiary/aromatic N) is 2. The zero-order chi connectivity index (χ0) is 22.5. The third kappa shape index (κ3) is 5.46. The van der Waals surface area contributed by atoms with Crippen LogP contribution in [0.15, 0.2) is 48.7 Å². The van der Waals surface area contributed by atoms with Gasteiger partial charge in [0.05, 0.1) is 6.54 Å². The van der Waals surface area contributed by atoms with Gasteiger partial charge in [0.15, 0.2) is 5.88 Å². The molecule has 1 unspecified atom stereocenters. The van der Waals surface area contributed by atoms with Gasteiger partial charge in [0.2, 0.25) is 0 Å². The number of aromatic nitrogens is 1. The largest absolute Gasteiger partial charge is 0.494 e. The lowest BCUT2D eigenvalue weighted by atomic mass is 10.00. The van der Waals surface area contributed by atoms with E-state index < -0.39 is 0 Å². The molecule has 0 saturated carbocycles. The van der Waals surface area contributed by atoms with Gasteiger partial charge in [-0.3, -0.25) is 4.79 Å². The van der Waals surface area contributed by atoms with Gasteiger partial charge < -0.3 is 19.9 Å². The molecular weight excluding hydrogens is 513 g/mol. The standard InChI is InChI=1S/C26H32IN3O2/c1-2-23-9-3-4-13-29(23)14-6-12-28-25(31)20-10-11-21-18-30(26(32)24(21)16-20)17-19-7-5-8-22(27)15-19/h5,7-8,10-11,15-16,18,23,32H,2-4,6,9,12-14,17H2,1H3,(H,28,31). The Morgan fingerprint density at radius 2 is 2.09 bits per heavy atom. The average Bonchev–Trinajstić information content (AvgIpc) is 3.11. The molecule has 0 bridgehead atoms. The van der Waals surface area contributed by atoms with Crippen molar-refractivity contribution in [2.24, 2.45) is 0 Å². The van der Waals surface area contributed by atoms with E-state index in [9.17, 15) is 9.90 Å². The van der Waals surface area contributed by atoms with E-state index in [0.717, 1.165) is 23.9 Å². The Bertz CT molecular complexity index is 1080. The molecule has 0 aliphatic carbocycles. The van der Waals surface area contributed by atoms with Crippen LogP contribution < -0.4 is 5.32 Å². The van der Waals surface area contributed by atoms with Crippen LogP contribution in [0.1, 0.15) is 54.9 Å². The predicted octanol–water partition coefficient (Wildman–Crippen LogP) is 5.38. The van der Waals surface area contributed by atoms with Gasteiger partial charge in [0.25, 0.3) is 5.91 Å². The molecule has 4 rings (SSSR count). The third-order valence-corrected chi connectivity index (χ3v) is 7.16. The lowest BCUT2D eigenvalue weighted by Gasteiger charge is -2.35. The van der Waals surface area contributed by atoms with Gasteiger partial charge >= 0.3 is 0 Å². The van der Waals surface area contributed by atoms with E-state index in [-0.39, 0.29) is 11.8 Å². The summed E-state index contributed by atoms with van der Waals surface area (Å²) in [7, 11) is 0. The van der Waals surface area contributed by atoms with Crippen molar-refractivity contribution in [3.63, 3.8) is 0 Å². The highest BCUT2D eigenvalue weighted by molar-refractivity contribution is 14.1. The maximum atomic E-state index is 12.7. The van der Waals surface area contributed by atoms with Crippen LogP contribution in [-0.4, -0.2) is 46.2 Å². The van der Waals surface area contributed by atoms with Gasteiger partial charge in [-0.2, -0.15) is 0 Å². The van der Waals surface area contributed by atoms with E-state index in [1.165, 1.54) is 35.8 Å². The zero-order valence-corrected chi connectivity index (χ0v) is 20.8. The van der Waals surface area contributed by atoms with Crippen LogP contribution in [0, 0.1) is 3.57 Å². The minimum Gasteiger partial charge on any atom is -0.494 e. The Morgan fingerprint density at radius 3 is 2.91 bits per heavy atom. The second kappa shape index (κ2) is 10.7. The topological polar surface area (TPSA) is 57.5 Å². The number of carbonyl (C=O) groups excluding carboxylic acids is 1. The molecule has 170 valence electrons. The van der Waals surface area contributed by atoms with Crippen LogP contribution in [0.4, 0.5) is 0 Å². The number of rotatable bonds is 8. The Labute approximate surface area is 203 Å². The molecule has 6 heteroatoms. The molecule has 1 fully saturated rings. The van der Waals surface area contributed by atoms with E-state index in [1.807, 2.05) is 29.0 Å². The summed E-state index contributed by atoms with van der Waals surface area (Å²) in [6, 6.07) is 14.5. The summed E-state index contributed by atoms with van der Waals surface area (Å²) in [5.41, 5.74) is 1.72. The fraction of sp³-hybridized carbons (Fsp3) is 0.423. The van der Waals surface area contributed by atoms with Crippen LogP contribution in [-0.2, 0) is 6.54 Å². The SMILES string of the molecule is CCC1CCCCN1CCCNC(=O)c1ccc2cn(Cc3cccc(I)c3)c(O)c2c1. The van der Waals surface area contributed by atoms with Crippen molar-refractivity contribution in [2.75, 3.05) is 19.6 Å². The van der Waals surface area contributed by atoms with Crippen LogP contribution in [0.2, 0.25) is 0 Å². The van der Waals surface area contributed by atoms with Gasteiger partial charge in [-0.1, -0.05) is 31.5 Å². The highest BCUT2D eigenvalue weighted by Gasteiger charge is 2.20. The maximum Gasteiger partial charge on any atom is 0.251 e. The second-order valence-electron chi connectivity index (χ2n) is 8.72. The van der Waals surface area contributed by atoms with Crippen molar-refractivity contribution in [2.45, 2.75) is 51.6 Å². The number of piperidine rings is 1. The molecule has 5 nitrogen and oxygen atoms in total. The fourth-order valence-corrected chi connectivity index (χ4v) is 5.35. The Hall–Kier alpha value is -2.06. The predicted molar refractivity (Wildman–Crippen MR) is 138 cm³/mol. The van der Waals surface area contributed by atoms with Crippen LogP contribution in [0.25, 0.3) is 10.8 Å². The average molecular weight is 545 g/mol. The monoisotopic (exact) mass is 545 g/mol. The van der Waals surface area contributed by atoms with E-state index in [4.69, 9.17) is 0 Å². The summed E-state index contributed by atoms with van der Waals surface area (Å²) in [5.74, 6) is 0.117. The molecule has 1 aliphatic rings. The Kier molecular flexibility index (Phi) is 7.73. The minimum absolute atomic E-state index is 0.0812. The number of halogens is 1. The molecule has 2 heterocycles. The highest BCUT2D eigenvalue weighted by Crippen LogP contribution is 2.29. The smallest absolute Gasteiger partial charge is 0.251 e. The number of amides is 1.